The molecule has 2 heterocycles. The van der Waals surface area contributed by atoms with Gasteiger partial charge in [-0.25, -0.2) is 4.79 Å². The number of aromatic nitrogens is 2. The summed E-state index contributed by atoms with van der Waals surface area (Å²) in [4.78, 5) is 78.4. The third-order valence-corrected chi connectivity index (χ3v) is 9.27. The molecule has 5 N–H and O–H groups in total. The molecule has 1 aromatic heterocycles. The molecular formula is C36H59N7O11. The van der Waals surface area contributed by atoms with Crippen LogP contribution in [0, 0.1) is 6.92 Å². The molecule has 0 radical (unpaired) electrons. The van der Waals surface area contributed by atoms with E-state index in [2.05, 4.69) is 32.6 Å². The maximum Gasteiger partial charge on any atom is 0.330 e. The molecule has 2 rings (SSSR count). The molecule has 54 heavy (non-hydrogen) atoms. The number of rotatable bonds is 28. The number of hydrogen-bond acceptors (Lipinski definition) is 12. The van der Waals surface area contributed by atoms with Crippen molar-refractivity contribution in [2.75, 3.05) is 33.0 Å². The lowest BCUT2D eigenvalue weighted by molar-refractivity contribution is -0.150. The van der Waals surface area contributed by atoms with Crippen molar-refractivity contribution in [3.63, 3.8) is 0 Å². The Morgan fingerprint density at radius 3 is 2.11 bits per heavy atom. The van der Waals surface area contributed by atoms with Crippen molar-refractivity contribution in [2.24, 2.45) is 5.11 Å². The fourth-order valence-electron chi connectivity index (χ4n) is 5.93. The highest BCUT2D eigenvalue weighted by atomic mass is 16.6. The third kappa shape index (κ3) is 17.3. The molecule has 18 heteroatoms. The number of aliphatic hydroxyl groups is 2. The highest BCUT2D eigenvalue weighted by Crippen LogP contribution is 2.30. The van der Waals surface area contributed by atoms with Gasteiger partial charge < -0.3 is 35.1 Å². The molecule has 3 atom stereocenters. The Labute approximate surface area is 315 Å². The van der Waals surface area contributed by atoms with E-state index in [-0.39, 0.29) is 37.9 Å². The maximum atomic E-state index is 12.5. The number of aliphatic hydroxyl groups excluding tert-OH is 2. The van der Waals surface area contributed by atoms with E-state index in [0.29, 0.717) is 6.42 Å². The summed E-state index contributed by atoms with van der Waals surface area (Å²) < 4.78 is 17.4. The number of amides is 2. The second-order valence-corrected chi connectivity index (χ2v) is 13.9. The Kier molecular flexibility index (Phi) is 21.9. The van der Waals surface area contributed by atoms with Gasteiger partial charge in [-0.1, -0.05) is 89.1 Å². The molecule has 18 nitrogen and oxygen atoms in total. The zero-order valence-electron chi connectivity index (χ0n) is 31.7. The first-order valence-electron chi connectivity index (χ1n) is 19.1. The first kappa shape index (κ1) is 45.9. The van der Waals surface area contributed by atoms with Crippen LogP contribution in [-0.4, -0.2) is 94.2 Å². The lowest BCUT2D eigenvalue weighted by Gasteiger charge is -2.30. The molecule has 1 fully saturated rings. The molecule has 0 saturated carbocycles. The number of H-pyrrole nitrogens is 1. The molecule has 0 spiro atoms. The molecule has 0 bridgehead atoms. The lowest BCUT2D eigenvalue weighted by atomic mass is 10.0. The first-order chi connectivity index (χ1) is 26.0. The summed E-state index contributed by atoms with van der Waals surface area (Å²) in [5.41, 5.74) is 6.28. The number of ether oxygens (including phenoxy) is 3. The van der Waals surface area contributed by atoms with Gasteiger partial charge in [0.1, 0.15) is 31.1 Å². The largest absolute Gasteiger partial charge is 0.463 e. The molecule has 1 saturated heterocycles. The van der Waals surface area contributed by atoms with E-state index in [1.807, 2.05) is 0 Å². The van der Waals surface area contributed by atoms with Crippen LogP contribution < -0.4 is 21.9 Å². The van der Waals surface area contributed by atoms with Gasteiger partial charge in [0.15, 0.2) is 0 Å². The predicted octanol–water partition coefficient (Wildman–Crippen LogP) is 3.12. The number of carbonyl (C=O) groups excluding carboxylic acids is 4. The zero-order valence-corrected chi connectivity index (χ0v) is 31.7. The summed E-state index contributed by atoms with van der Waals surface area (Å²) in [6.45, 7) is 0.929. The zero-order chi connectivity index (χ0) is 39.8. The van der Waals surface area contributed by atoms with Crippen LogP contribution in [0.4, 0.5) is 0 Å². The van der Waals surface area contributed by atoms with Crippen LogP contribution in [0.3, 0.4) is 0 Å². The van der Waals surface area contributed by atoms with Gasteiger partial charge in [0.25, 0.3) is 5.56 Å². The number of nitrogens with zero attached hydrogens (tertiary/aromatic N) is 4. The Morgan fingerprint density at radius 1 is 0.926 bits per heavy atom. The summed E-state index contributed by atoms with van der Waals surface area (Å²) in [6, 6.07) is -0.786. The molecule has 0 unspecified atom stereocenters. The van der Waals surface area contributed by atoms with Gasteiger partial charge in [0, 0.05) is 35.9 Å². The topological polar surface area (TPSA) is 264 Å². The molecule has 1 aliphatic rings. The minimum atomic E-state index is -1.66. The van der Waals surface area contributed by atoms with Crippen molar-refractivity contribution in [3.8, 4) is 0 Å². The second-order valence-electron chi connectivity index (χ2n) is 13.9. The monoisotopic (exact) mass is 765 g/mol. The van der Waals surface area contributed by atoms with Gasteiger partial charge in [0.2, 0.25) is 11.8 Å². The van der Waals surface area contributed by atoms with Crippen LogP contribution in [0.5, 0.6) is 0 Å². The van der Waals surface area contributed by atoms with E-state index >= 15 is 0 Å². The van der Waals surface area contributed by atoms with Crippen molar-refractivity contribution < 1.29 is 43.6 Å². The second kappa shape index (κ2) is 25.7. The fourth-order valence-corrected chi connectivity index (χ4v) is 5.93. The molecule has 1 aromatic rings. The van der Waals surface area contributed by atoms with Crippen molar-refractivity contribution in [3.05, 3.63) is 43.0 Å². The number of esters is 2. The van der Waals surface area contributed by atoms with Crippen LogP contribution >= 0.6 is 0 Å². The van der Waals surface area contributed by atoms with Gasteiger partial charge in [-0.15, -0.1) is 0 Å². The minimum Gasteiger partial charge on any atom is -0.463 e. The SMILES string of the molecule is CCCCCCCCCCCCCCCC(=O)OCC(CO)(CO)NC(=O)CNC(=O)CCC(=O)OC[C@H]1O[C@@H](n2cc(C)c(=O)[nH]c2=O)C[C@@H]1N=[N+]=[N-]. The predicted molar refractivity (Wildman–Crippen MR) is 197 cm³/mol. The normalized spacial score (nSPS) is 16.7. The number of aromatic amines is 1. The molecular weight excluding hydrogens is 706 g/mol. The first-order valence-corrected chi connectivity index (χ1v) is 19.1. The number of unbranched alkanes of at least 4 members (excludes halogenated alkanes) is 12. The van der Waals surface area contributed by atoms with Gasteiger partial charge in [-0.2, -0.15) is 0 Å². The fraction of sp³-hybridized carbons (Fsp3) is 0.778. The van der Waals surface area contributed by atoms with Crippen LogP contribution in [0.15, 0.2) is 20.9 Å². The summed E-state index contributed by atoms with van der Waals surface area (Å²) in [5, 5.41) is 28.1. The number of hydrogen-bond donors (Lipinski definition) is 5. The van der Waals surface area contributed by atoms with Crippen molar-refractivity contribution in [1.29, 1.82) is 0 Å². The molecule has 304 valence electrons. The van der Waals surface area contributed by atoms with E-state index < -0.39 is 85.3 Å². The molecule has 0 aliphatic carbocycles. The Balaban J connectivity index is 1.64. The van der Waals surface area contributed by atoms with E-state index in [9.17, 15) is 39.0 Å². The van der Waals surface area contributed by atoms with Crippen LogP contribution in [0.25, 0.3) is 10.4 Å². The molecule has 2 amide bonds. The average Bonchev–Trinajstić information content (AvgIpc) is 3.56. The summed E-state index contributed by atoms with van der Waals surface area (Å²) in [6.07, 6.45) is 14.3. The van der Waals surface area contributed by atoms with Gasteiger partial charge in [-0.3, -0.25) is 33.5 Å². The van der Waals surface area contributed by atoms with Crippen molar-refractivity contribution in [2.45, 2.75) is 147 Å². The standard InChI is InChI=1S/C36H59N7O11/c1-3-4-5-6-7-8-9-10-11-12-13-14-15-16-32(48)53-25-36(23-44,24-45)40-30(47)20-38-29(46)17-18-33(49)52-22-28-27(41-42-37)19-31(54-28)43-21-26(2)34(50)39-35(43)51/h21,27-28,31,44-45H,3-20,22-25H2,1-2H3,(H,38,46)(H,40,47)(H,39,50,51)/t27-,28+,31+/m0/s1. The number of nitrogens with one attached hydrogen (secondary N) is 3. The Bertz CT molecular complexity index is 1490. The quantitative estimate of drug-likeness (QED) is 0.0272. The number of aryl methyl sites for hydroxylation is 1. The van der Waals surface area contributed by atoms with Crippen LogP contribution in [0.2, 0.25) is 0 Å². The Morgan fingerprint density at radius 2 is 1.52 bits per heavy atom. The molecule has 0 aromatic carbocycles. The van der Waals surface area contributed by atoms with Crippen LogP contribution in [-0.2, 0) is 33.4 Å². The van der Waals surface area contributed by atoms with E-state index in [4.69, 9.17) is 19.7 Å². The van der Waals surface area contributed by atoms with E-state index in [0.717, 1.165) is 23.8 Å². The van der Waals surface area contributed by atoms with E-state index in [1.165, 1.54) is 70.9 Å². The highest BCUT2D eigenvalue weighted by molar-refractivity contribution is 5.86. The highest BCUT2D eigenvalue weighted by Gasteiger charge is 2.37. The maximum absolute atomic E-state index is 12.5. The Hall–Kier alpha value is -4.25. The van der Waals surface area contributed by atoms with Gasteiger partial charge in [0.05, 0.1) is 32.2 Å². The summed E-state index contributed by atoms with van der Waals surface area (Å²) in [5.74, 6) is -2.72. The van der Waals surface area contributed by atoms with E-state index in [1.54, 1.807) is 0 Å². The number of azide groups is 1. The smallest absolute Gasteiger partial charge is 0.330 e. The lowest BCUT2D eigenvalue weighted by Crippen LogP contribution is -2.59. The van der Waals surface area contributed by atoms with Crippen molar-refractivity contribution in [1.82, 2.24) is 20.2 Å². The minimum absolute atomic E-state index is 0.0813. The van der Waals surface area contributed by atoms with Gasteiger partial charge >= 0.3 is 17.6 Å². The summed E-state index contributed by atoms with van der Waals surface area (Å²) in [7, 11) is 0. The average molecular weight is 766 g/mol. The number of carbonyl (C=O) groups is 4. The van der Waals surface area contributed by atoms with Crippen LogP contribution in [0.1, 0.15) is 128 Å². The third-order valence-electron chi connectivity index (χ3n) is 9.27. The molecule has 1 aliphatic heterocycles. The van der Waals surface area contributed by atoms with Crippen molar-refractivity contribution >= 4 is 23.8 Å². The summed E-state index contributed by atoms with van der Waals surface area (Å²) >= 11 is 0. The van der Waals surface area contributed by atoms with Gasteiger partial charge in [-0.05, 0) is 18.9 Å².